The van der Waals surface area contributed by atoms with E-state index in [4.69, 9.17) is 32.4 Å². The first-order chi connectivity index (χ1) is 12.6. The van der Waals surface area contributed by atoms with Gasteiger partial charge in [0.2, 0.25) is 5.91 Å². The second-order valence-corrected chi connectivity index (χ2v) is 6.44. The smallest absolute Gasteiger partial charge is 0.315 e. The van der Waals surface area contributed by atoms with Crippen LogP contribution in [0.4, 0.5) is 6.01 Å². The number of fused-ring (bicyclic) bond motifs is 1. The van der Waals surface area contributed by atoms with Gasteiger partial charge in [0.25, 0.3) is 0 Å². The maximum absolute atomic E-state index is 11.8. The molecule has 0 aliphatic heterocycles. The molecule has 0 fully saturated rings. The first-order valence-electron chi connectivity index (χ1n) is 8.09. The summed E-state index contributed by atoms with van der Waals surface area (Å²) in [5.41, 5.74) is 6.42. The Kier molecular flexibility index (Phi) is 6.20. The lowest BCUT2D eigenvalue weighted by atomic mass is 10.2. The maximum Gasteiger partial charge on any atom is 0.315 e. The van der Waals surface area contributed by atoms with Crippen LogP contribution in [0.3, 0.4) is 0 Å². The van der Waals surface area contributed by atoms with E-state index in [1.807, 2.05) is 12.1 Å². The number of hydrogen-bond acceptors (Lipinski definition) is 5. The van der Waals surface area contributed by atoms with Gasteiger partial charge in [-0.05, 0) is 49.2 Å². The Morgan fingerprint density at radius 3 is 2.65 bits per heavy atom. The van der Waals surface area contributed by atoms with Crippen molar-refractivity contribution in [1.29, 1.82) is 0 Å². The molecule has 0 spiro atoms. The van der Waals surface area contributed by atoms with E-state index >= 15 is 0 Å². The van der Waals surface area contributed by atoms with Crippen molar-refractivity contribution in [2.24, 2.45) is 0 Å². The topological polar surface area (TPSA) is 76.4 Å². The third-order valence-corrected chi connectivity index (χ3v) is 4.03. The minimum absolute atomic E-state index is 0.156. The zero-order valence-corrected chi connectivity index (χ0v) is 15.3. The van der Waals surface area contributed by atoms with Crippen molar-refractivity contribution < 1.29 is 13.9 Å². The number of carbonyl (C=O) groups is 1. The Bertz CT molecular complexity index is 881. The van der Waals surface area contributed by atoms with Crippen molar-refractivity contribution in [3.63, 3.8) is 0 Å². The van der Waals surface area contributed by atoms with Crippen molar-refractivity contribution >= 4 is 46.2 Å². The number of hydrogen-bond donors (Lipinski definition) is 2. The maximum atomic E-state index is 11.8. The summed E-state index contributed by atoms with van der Waals surface area (Å²) >= 11 is 11.7. The molecule has 0 aliphatic carbocycles. The molecule has 1 heterocycles. The predicted octanol–water partition coefficient (Wildman–Crippen LogP) is 4.83. The van der Waals surface area contributed by atoms with Gasteiger partial charge in [-0.15, -0.1) is 0 Å². The molecular formula is C18H17Cl2N3O3. The fraction of sp³-hybridized carbons (Fsp3) is 0.222. The SMILES string of the molecule is O=C(CCCCOc1ccc(Cl)cc1)NNc1nc2ccc(Cl)cc2o1. The van der Waals surface area contributed by atoms with Crippen LogP contribution in [0.5, 0.6) is 5.75 Å². The summed E-state index contributed by atoms with van der Waals surface area (Å²) in [6, 6.07) is 12.5. The van der Waals surface area contributed by atoms with E-state index in [-0.39, 0.29) is 11.9 Å². The van der Waals surface area contributed by atoms with Gasteiger partial charge < -0.3 is 9.15 Å². The first kappa shape index (κ1) is 18.4. The zero-order valence-electron chi connectivity index (χ0n) is 13.8. The van der Waals surface area contributed by atoms with Gasteiger partial charge in [0.05, 0.1) is 6.61 Å². The number of anilines is 1. The second-order valence-electron chi connectivity index (χ2n) is 5.56. The molecule has 0 aliphatic rings. The Hall–Kier alpha value is -2.44. The Morgan fingerprint density at radius 1 is 1.08 bits per heavy atom. The van der Waals surface area contributed by atoms with Crippen molar-refractivity contribution in [3.8, 4) is 5.75 Å². The van der Waals surface area contributed by atoms with Crippen LogP contribution in [-0.4, -0.2) is 17.5 Å². The number of aromatic nitrogens is 1. The Balaban J connectivity index is 1.34. The molecule has 8 heteroatoms. The van der Waals surface area contributed by atoms with Crippen molar-refractivity contribution in [2.75, 3.05) is 12.0 Å². The van der Waals surface area contributed by atoms with Crippen LogP contribution in [0.1, 0.15) is 19.3 Å². The van der Waals surface area contributed by atoms with Crippen LogP contribution in [0.25, 0.3) is 11.1 Å². The van der Waals surface area contributed by atoms with Crippen molar-refractivity contribution in [1.82, 2.24) is 10.4 Å². The van der Waals surface area contributed by atoms with Crippen LogP contribution in [0, 0.1) is 0 Å². The van der Waals surface area contributed by atoms with Crippen molar-refractivity contribution in [2.45, 2.75) is 19.3 Å². The van der Waals surface area contributed by atoms with E-state index < -0.39 is 0 Å². The summed E-state index contributed by atoms with van der Waals surface area (Å²) in [4.78, 5) is 16.0. The summed E-state index contributed by atoms with van der Waals surface area (Å²) in [6.45, 7) is 0.536. The quantitative estimate of drug-likeness (QED) is 0.423. The average molecular weight is 394 g/mol. The molecule has 6 nitrogen and oxygen atoms in total. The number of benzene rings is 2. The molecule has 3 rings (SSSR count). The lowest BCUT2D eigenvalue weighted by Gasteiger charge is -2.07. The minimum atomic E-state index is -0.156. The number of nitrogens with one attached hydrogen (secondary N) is 2. The number of halogens is 2. The van der Waals surface area contributed by atoms with Crippen LogP contribution in [0.2, 0.25) is 10.0 Å². The monoisotopic (exact) mass is 393 g/mol. The predicted molar refractivity (Wildman–Crippen MR) is 102 cm³/mol. The van der Waals surface area contributed by atoms with Crippen LogP contribution >= 0.6 is 23.2 Å². The molecule has 3 aromatic rings. The van der Waals surface area contributed by atoms with E-state index in [9.17, 15) is 4.79 Å². The lowest BCUT2D eigenvalue weighted by molar-refractivity contribution is -0.120. The molecule has 0 unspecified atom stereocenters. The van der Waals surface area contributed by atoms with Gasteiger partial charge in [0, 0.05) is 22.5 Å². The van der Waals surface area contributed by atoms with Gasteiger partial charge in [0.1, 0.15) is 11.3 Å². The van der Waals surface area contributed by atoms with Gasteiger partial charge in [0.15, 0.2) is 5.58 Å². The van der Waals surface area contributed by atoms with Gasteiger partial charge in [-0.25, -0.2) is 0 Å². The number of ether oxygens (including phenoxy) is 1. The zero-order chi connectivity index (χ0) is 18.4. The van der Waals surface area contributed by atoms with E-state index in [1.165, 1.54) is 0 Å². The van der Waals surface area contributed by atoms with E-state index in [1.54, 1.807) is 30.3 Å². The third kappa shape index (κ3) is 5.28. The largest absolute Gasteiger partial charge is 0.494 e. The highest BCUT2D eigenvalue weighted by molar-refractivity contribution is 6.31. The van der Waals surface area contributed by atoms with Crippen LogP contribution < -0.4 is 15.6 Å². The number of amides is 1. The highest BCUT2D eigenvalue weighted by Crippen LogP contribution is 2.22. The number of oxazole rings is 1. The molecule has 0 saturated carbocycles. The van der Waals surface area contributed by atoms with Crippen LogP contribution in [0.15, 0.2) is 46.9 Å². The molecule has 0 bridgehead atoms. The standard InChI is InChI=1S/C18H17Cl2N3O3/c19-12-4-7-14(8-5-12)25-10-2-1-3-17(24)22-23-18-21-15-9-6-13(20)11-16(15)26-18/h4-9,11H,1-3,10H2,(H,21,23)(H,22,24). The highest BCUT2D eigenvalue weighted by Gasteiger charge is 2.07. The molecule has 0 saturated heterocycles. The summed E-state index contributed by atoms with van der Waals surface area (Å²) in [5, 5.41) is 1.23. The van der Waals surface area contributed by atoms with Gasteiger partial charge in [-0.1, -0.05) is 23.2 Å². The molecule has 1 aromatic heterocycles. The molecule has 0 radical (unpaired) electrons. The number of rotatable bonds is 8. The molecule has 1 amide bonds. The Labute approximate surface area is 160 Å². The fourth-order valence-electron chi connectivity index (χ4n) is 2.25. The summed E-state index contributed by atoms with van der Waals surface area (Å²) in [6.07, 6.45) is 1.82. The third-order valence-electron chi connectivity index (χ3n) is 3.54. The molecule has 0 atom stereocenters. The number of hydrazine groups is 1. The highest BCUT2D eigenvalue weighted by atomic mass is 35.5. The number of unbranched alkanes of at least 4 members (excludes halogenated alkanes) is 1. The lowest BCUT2D eigenvalue weighted by Crippen LogP contribution is -2.29. The first-order valence-corrected chi connectivity index (χ1v) is 8.85. The molecule has 2 aromatic carbocycles. The fourth-order valence-corrected chi connectivity index (χ4v) is 2.53. The van der Waals surface area contributed by atoms with E-state index in [2.05, 4.69) is 15.8 Å². The van der Waals surface area contributed by atoms with Gasteiger partial charge in [-0.3, -0.25) is 15.6 Å². The van der Waals surface area contributed by atoms with E-state index in [0.29, 0.717) is 40.6 Å². The minimum Gasteiger partial charge on any atom is -0.494 e. The second kappa shape index (κ2) is 8.78. The summed E-state index contributed by atoms with van der Waals surface area (Å²) < 4.78 is 11.0. The molecular weight excluding hydrogens is 377 g/mol. The summed E-state index contributed by atoms with van der Waals surface area (Å²) in [7, 11) is 0. The molecule has 136 valence electrons. The normalized spacial score (nSPS) is 10.7. The average Bonchev–Trinajstić information content (AvgIpc) is 3.03. The van der Waals surface area contributed by atoms with Gasteiger partial charge in [-0.2, -0.15) is 4.98 Å². The van der Waals surface area contributed by atoms with E-state index in [0.717, 1.165) is 12.2 Å². The van der Waals surface area contributed by atoms with Crippen molar-refractivity contribution in [3.05, 3.63) is 52.5 Å². The summed E-state index contributed by atoms with van der Waals surface area (Å²) in [5.74, 6) is 0.605. The van der Waals surface area contributed by atoms with Crippen LogP contribution in [-0.2, 0) is 4.79 Å². The number of carbonyl (C=O) groups excluding carboxylic acids is 1. The molecule has 26 heavy (non-hydrogen) atoms. The Morgan fingerprint density at radius 2 is 1.85 bits per heavy atom. The molecule has 2 N–H and O–H groups in total. The number of nitrogens with zero attached hydrogens (tertiary/aromatic N) is 1. The van der Waals surface area contributed by atoms with Gasteiger partial charge >= 0.3 is 6.01 Å².